The van der Waals surface area contributed by atoms with Gasteiger partial charge in [0.2, 0.25) is 5.91 Å². The maximum atomic E-state index is 11.7. The molecule has 1 fully saturated rings. The molecular weight excluding hydrogens is 200 g/mol. The van der Waals surface area contributed by atoms with Gasteiger partial charge in [-0.1, -0.05) is 17.7 Å². The Bertz CT molecular complexity index is 353. The third kappa shape index (κ3) is 3.07. The predicted octanol–water partition coefficient (Wildman–Crippen LogP) is 1.93. The highest BCUT2D eigenvalue weighted by Crippen LogP contribution is 2.14. The lowest BCUT2D eigenvalue weighted by atomic mass is 10.0. The molecule has 1 aliphatic rings. The Morgan fingerprint density at radius 1 is 1.44 bits per heavy atom. The van der Waals surface area contributed by atoms with Crippen molar-refractivity contribution >= 4 is 11.6 Å². The van der Waals surface area contributed by atoms with E-state index in [1.165, 1.54) is 5.56 Å². The van der Waals surface area contributed by atoms with Crippen molar-refractivity contribution in [3.63, 3.8) is 0 Å². The lowest BCUT2D eigenvalue weighted by molar-refractivity contribution is -0.116. The van der Waals surface area contributed by atoms with Gasteiger partial charge in [-0.05, 0) is 44.5 Å². The van der Waals surface area contributed by atoms with Crippen LogP contribution in [0, 0.1) is 12.8 Å². The van der Waals surface area contributed by atoms with Crippen LogP contribution in [0.1, 0.15) is 18.4 Å². The van der Waals surface area contributed by atoms with E-state index in [-0.39, 0.29) is 5.91 Å². The lowest BCUT2D eigenvalue weighted by Crippen LogP contribution is -2.18. The molecule has 0 bridgehead atoms. The summed E-state index contributed by atoms with van der Waals surface area (Å²) in [5.41, 5.74) is 2.10. The minimum Gasteiger partial charge on any atom is -0.326 e. The van der Waals surface area contributed by atoms with Crippen molar-refractivity contribution in [3.05, 3.63) is 29.8 Å². The van der Waals surface area contributed by atoms with Crippen LogP contribution in [0.15, 0.2) is 24.3 Å². The fraction of sp³-hybridized carbons (Fsp3) is 0.462. The number of aryl methyl sites for hydroxylation is 1. The number of benzene rings is 1. The molecule has 1 aliphatic heterocycles. The van der Waals surface area contributed by atoms with Crippen molar-refractivity contribution in [1.29, 1.82) is 0 Å². The summed E-state index contributed by atoms with van der Waals surface area (Å²) in [5.74, 6) is 0.628. The van der Waals surface area contributed by atoms with E-state index in [4.69, 9.17) is 0 Å². The molecule has 3 heteroatoms. The molecule has 3 nitrogen and oxygen atoms in total. The van der Waals surface area contributed by atoms with Crippen LogP contribution in [0.3, 0.4) is 0 Å². The van der Waals surface area contributed by atoms with Crippen LogP contribution in [0.4, 0.5) is 5.69 Å². The van der Waals surface area contributed by atoms with Crippen molar-refractivity contribution in [3.8, 4) is 0 Å². The van der Waals surface area contributed by atoms with E-state index in [9.17, 15) is 4.79 Å². The largest absolute Gasteiger partial charge is 0.326 e. The number of hydrogen-bond donors (Lipinski definition) is 2. The summed E-state index contributed by atoms with van der Waals surface area (Å²) in [6.07, 6.45) is 1.74. The summed E-state index contributed by atoms with van der Waals surface area (Å²) in [6.45, 7) is 4.06. The molecule has 1 amide bonds. The van der Waals surface area contributed by atoms with Crippen LogP contribution in [0.2, 0.25) is 0 Å². The number of nitrogens with one attached hydrogen (secondary N) is 2. The van der Waals surface area contributed by atoms with Gasteiger partial charge in [-0.3, -0.25) is 4.79 Å². The van der Waals surface area contributed by atoms with Gasteiger partial charge in [0.15, 0.2) is 0 Å². The molecule has 2 rings (SSSR count). The van der Waals surface area contributed by atoms with Crippen molar-refractivity contribution in [2.24, 2.45) is 5.92 Å². The molecule has 1 saturated heterocycles. The van der Waals surface area contributed by atoms with Crippen molar-refractivity contribution in [1.82, 2.24) is 5.32 Å². The van der Waals surface area contributed by atoms with Crippen LogP contribution in [-0.2, 0) is 4.79 Å². The second-order valence-corrected chi connectivity index (χ2v) is 4.48. The highest BCUT2D eigenvalue weighted by molar-refractivity contribution is 5.90. The van der Waals surface area contributed by atoms with Gasteiger partial charge >= 0.3 is 0 Å². The maximum absolute atomic E-state index is 11.7. The highest BCUT2D eigenvalue weighted by Gasteiger charge is 2.17. The smallest absolute Gasteiger partial charge is 0.224 e. The molecule has 86 valence electrons. The van der Waals surface area contributed by atoms with Gasteiger partial charge in [-0.25, -0.2) is 0 Å². The topological polar surface area (TPSA) is 41.1 Å². The Morgan fingerprint density at radius 2 is 2.19 bits per heavy atom. The van der Waals surface area contributed by atoms with Crippen LogP contribution < -0.4 is 10.6 Å². The molecule has 0 aliphatic carbocycles. The van der Waals surface area contributed by atoms with Gasteiger partial charge in [0.25, 0.3) is 0 Å². The molecule has 0 spiro atoms. The molecule has 1 atom stereocenters. The summed E-state index contributed by atoms with van der Waals surface area (Å²) < 4.78 is 0. The molecule has 0 saturated carbocycles. The van der Waals surface area contributed by atoms with Gasteiger partial charge < -0.3 is 10.6 Å². The van der Waals surface area contributed by atoms with Crippen molar-refractivity contribution < 1.29 is 4.79 Å². The van der Waals surface area contributed by atoms with Gasteiger partial charge in [0.1, 0.15) is 0 Å². The number of carbonyl (C=O) groups excluding carboxylic acids is 1. The standard InChI is InChI=1S/C13H18N2O/c1-10-2-4-12(5-3-10)15-13(16)8-11-6-7-14-9-11/h2-5,11,14H,6-9H2,1H3,(H,15,16). The molecule has 0 radical (unpaired) electrons. The normalized spacial score (nSPS) is 19.7. The SMILES string of the molecule is Cc1ccc(NC(=O)CC2CCNC2)cc1. The minimum atomic E-state index is 0.123. The first-order valence-electron chi connectivity index (χ1n) is 5.81. The Morgan fingerprint density at radius 3 is 2.81 bits per heavy atom. The Kier molecular flexibility index (Phi) is 3.57. The zero-order valence-electron chi connectivity index (χ0n) is 9.62. The van der Waals surface area contributed by atoms with Crippen LogP contribution >= 0.6 is 0 Å². The lowest BCUT2D eigenvalue weighted by Gasteiger charge is -2.09. The summed E-state index contributed by atoms with van der Waals surface area (Å²) in [6, 6.07) is 7.90. The van der Waals surface area contributed by atoms with Gasteiger partial charge in [0, 0.05) is 12.1 Å². The number of hydrogen-bond acceptors (Lipinski definition) is 2. The zero-order valence-corrected chi connectivity index (χ0v) is 9.62. The first-order chi connectivity index (χ1) is 7.74. The summed E-state index contributed by atoms with van der Waals surface area (Å²) in [5, 5.41) is 6.20. The molecule has 1 aromatic rings. The van der Waals surface area contributed by atoms with E-state index in [2.05, 4.69) is 10.6 Å². The summed E-state index contributed by atoms with van der Waals surface area (Å²) in [7, 11) is 0. The molecule has 0 aromatic heterocycles. The van der Waals surface area contributed by atoms with E-state index >= 15 is 0 Å². The van der Waals surface area contributed by atoms with E-state index in [1.54, 1.807) is 0 Å². The number of amides is 1. The number of carbonyl (C=O) groups is 1. The number of rotatable bonds is 3. The van der Waals surface area contributed by atoms with Crippen LogP contribution in [0.25, 0.3) is 0 Å². The van der Waals surface area contributed by atoms with Crippen molar-refractivity contribution in [2.75, 3.05) is 18.4 Å². The molecule has 1 unspecified atom stereocenters. The monoisotopic (exact) mass is 218 g/mol. The molecule has 1 aromatic carbocycles. The second kappa shape index (κ2) is 5.12. The van der Waals surface area contributed by atoms with Crippen LogP contribution in [0.5, 0.6) is 0 Å². The van der Waals surface area contributed by atoms with E-state index in [0.29, 0.717) is 12.3 Å². The Balaban J connectivity index is 1.84. The average molecular weight is 218 g/mol. The Hall–Kier alpha value is -1.35. The Labute approximate surface area is 96.2 Å². The molecule has 2 N–H and O–H groups in total. The van der Waals surface area contributed by atoms with Crippen LogP contribution in [-0.4, -0.2) is 19.0 Å². The minimum absolute atomic E-state index is 0.123. The summed E-state index contributed by atoms with van der Waals surface area (Å²) >= 11 is 0. The van der Waals surface area contributed by atoms with Gasteiger partial charge in [-0.2, -0.15) is 0 Å². The maximum Gasteiger partial charge on any atom is 0.224 e. The van der Waals surface area contributed by atoms with E-state index in [1.807, 2.05) is 31.2 Å². The second-order valence-electron chi connectivity index (χ2n) is 4.48. The number of anilines is 1. The quantitative estimate of drug-likeness (QED) is 0.814. The van der Waals surface area contributed by atoms with E-state index in [0.717, 1.165) is 25.2 Å². The zero-order chi connectivity index (χ0) is 11.4. The van der Waals surface area contributed by atoms with Gasteiger partial charge in [0.05, 0.1) is 0 Å². The molecule has 1 heterocycles. The molecule has 16 heavy (non-hydrogen) atoms. The van der Waals surface area contributed by atoms with Gasteiger partial charge in [-0.15, -0.1) is 0 Å². The highest BCUT2D eigenvalue weighted by atomic mass is 16.1. The summed E-state index contributed by atoms with van der Waals surface area (Å²) in [4.78, 5) is 11.7. The van der Waals surface area contributed by atoms with Crippen molar-refractivity contribution in [2.45, 2.75) is 19.8 Å². The first-order valence-corrected chi connectivity index (χ1v) is 5.81. The molecular formula is C13H18N2O. The van der Waals surface area contributed by atoms with E-state index < -0.39 is 0 Å². The fourth-order valence-electron chi connectivity index (χ4n) is 2.00. The predicted molar refractivity (Wildman–Crippen MR) is 65.4 cm³/mol. The first kappa shape index (κ1) is 11.1. The fourth-order valence-corrected chi connectivity index (χ4v) is 2.00. The third-order valence-corrected chi connectivity index (χ3v) is 2.97. The third-order valence-electron chi connectivity index (χ3n) is 2.97. The average Bonchev–Trinajstić information content (AvgIpc) is 2.74.